The van der Waals surface area contributed by atoms with E-state index in [1.54, 1.807) is 26.6 Å². The lowest BCUT2D eigenvalue weighted by atomic mass is 10.2. The van der Waals surface area contributed by atoms with E-state index in [0.717, 1.165) is 30.2 Å². The Morgan fingerprint density at radius 1 is 0.900 bits per heavy atom. The Morgan fingerprint density at radius 2 is 1.55 bits per heavy atom. The van der Waals surface area contributed by atoms with Crippen molar-refractivity contribution in [2.75, 3.05) is 14.2 Å². The topological polar surface area (TPSA) is 43.4 Å². The summed E-state index contributed by atoms with van der Waals surface area (Å²) in [4.78, 5) is 4.00. The number of rotatable bonds is 6. The summed E-state index contributed by atoms with van der Waals surface area (Å²) in [7, 11) is 3.28. The number of halogens is 1. The molecule has 0 aliphatic rings. The van der Waals surface area contributed by atoms with Crippen LogP contribution >= 0.6 is 12.4 Å². The Balaban J connectivity index is 0.00000200. The number of nitrogens with one attached hydrogen (secondary N) is 1. The molecule has 2 aromatic rings. The lowest BCUT2D eigenvalue weighted by Crippen LogP contribution is -2.12. The number of hydrogen-bond donors (Lipinski definition) is 1. The predicted octanol–water partition coefficient (Wildman–Crippen LogP) is 2.81. The van der Waals surface area contributed by atoms with Gasteiger partial charge in [-0.1, -0.05) is 6.07 Å². The van der Waals surface area contributed by atoms with Gasteiger partial charge in [0.05, 0.1) is 14.2 Å². The molecule has 0 aliphatic carbocycles. The van der Waals surface area contributed by atoms with Gasteiger partial charge in [-0.2, -0.15) is 0 Å². The second kappa shape index (κ2) is 8.40. The maximum atomic E-state index is 5.28. The molecule has 0 saturated carbocycles. The number of ether oxygens (including phenoxy) is 2. The third-order valence-electron chi connectivity index (χ3n) is 2.86. The molecule has 1 aromatic heterocycles. The number of aromatic nitrogens is 1. The van der Waals surface area contributed by atoms with Crippen molar-refractivity contribution in [3.8, 4) is 11.5 Å². The first kappa shape index (κ1) is 16.3. The predicted molar refractivity (Wildman–Crippen MR) is 81.6 cm³/mol. The summed E-state index contributed by atoms with van der Waals surface area (Å²) in [5, 5.41) is 3.38. The molecule has 0 spiro atoms. The molecule has 0 bridgehead atoms. The van der Waals surface area contributed by atoms with E-state index in [0.29, 0.717) is 0 Å². The first-order valence-corrected chi connectivity index (χ1v) is 6.14. The van der Waals surface area contributed by atoms with Crippen molar-refractivity contribution in [3.05, 3.63) is 53.9 Å². The fourth-order valence-corrected chi connectivity index (χ4v) is 1.84. The quantitative estimate of drug-likeness (QED) is 0.890. The normalized spacial score (nSPS) is 9.70. The van der Waals surface area contributed by atoms with Crippen LogP contribution < -0.4 is 14.8 Å². The van der Waals surface area contributed by atoms with Crippen molar-refractivity contribution in [1.29, 1.82) is 0 Å². The maximum absolute atomic E-state index is 5.28. The molecule has 2 rings (SSSR count). The minimum atomic E-state index is 0. The number of pyridine rings is 1. The molecule has 108 valence electrons. The zero-order valence-corrected chi connectivity index (χ0v) is 12.4. The van der Waals surface area contributed by atoms with Crippen molar-refractivity contribution in [1.82, 2.24) is 10.3 Å². The molecule has 0 radical (unpaired) electrons. The van der Waals surface area contributed by atoms with Crippen LogP contribution in [-0.2, 0) is 13.1 Å². The van der Waals surface area contributed by atoms with E-state index in [1.165, 1.54) is 5.56 Å². The van der Waals surface area contributed by atoms with Crippen molar-refractivity contribution >= 4 is 12.4 Å². The molecule has 1 heterocycles. The third kappa shape index (κ3) is 4.40. The van der Waals surface area contributed by atoms with E-state index >= 15 is 0 Å². The van der Waals surface area contributed by atoms with Gasteiger partial charge in [-0.25, -0.2) is 0 Å². The van der Waals surface area contributed by atoms with Crippen molar-refractivity contribution < 1.29 is 9.47 Å². The van der Waals surface area contributed by atoms with Gasteiger partial charge >= 0.3 is 0 Å². The molecule has 5 heteroatoms. The SMILES string of the molecule is COc1ccc(CNCc2ccncc2)cc1OC.Cl. The highest BCUT2D eigenvalue weighted by atomic mass is 35.5. The van der Waals surface area contributed by atoms with E-state index < -0.39 is 0 Å². The Labute approximate surface area is 125 Å². The molecule has 20 heavy (non-hydrogen) atoms. The van der Waals surface area contributed by atoms with Crippen molar-refractivity contribution in [2.45, 2.75) is 13.1 Å². The van der Waals surface area contributed by atoms with E-state index in [1.807, 2.05) is 30.3 Å². The minimum Gasteiger partial charge on any atom is -0.493 e. The fraction of sp³-hybridized carbons (Fsp3) is 0.267. The number of hydrogen-bond acceptors (Lipinski definition) is 4. The van der Waals surface area contributed by atoms with Gasteiger partial charge in [-0.05, 0) is 35.4 Å². The molecule has 0 aliphatic heterocycles. The molecule has 1 aromatic carbocycles. The first-order chi connectivity index (χ1) is 9.33. The van der Waals surface area contributed by atoms with Crippen LogP contribution in [0.25, 0.3) is 0 Å². The largest absolute Gasteiger partial charge is 0.493 e. The third-order valence-corrected chi connectivity index (χ3v) is 2.86. The van der Waals surface area contributed by atoms with Gasteiger partial charge in [0.2, 0.25) is 0 Å². The lowest BCUT2D eigenvalue weighted by molar-refractivity contribution is 0.354. The molecular weight excluding hydrogens is 276 g/mol. The smallest absolute Gasteiger partial charge is 0.161 e. The van der Waals surface area contributed by atoms with Gasteiger partial charge in [0.1, 0.15) is 0 Å². The van der Waals surface area contributed by atoms with Crippen molar-refractivity contribution in [3.63, 3.8) is 0 Å². The average molecular weight is 295 g/mol. The van der Waals surface area contributed by atoms with E-state index in [-0.39, 0.29) is 12.4 Å². The fourth-order valence-electron chi connectivity index (χ4n) is 1.84. The summed E-state index contributed by atoms with van der Waals surface area (Å²) in [6.07, 6.45) is 3.60. The number of benzene rings is 1. The number of nitrogens with zero attached hydrogens (tertiary/aromatic N) is 1. The molecule has 0 unspecified atom stereocenters. The highest BCUT2D eigenvalue weighted by molar-refractivity contribution is 5.85. The molecule has 1 N–H and O–H groups in total. The monoisotopic (exact) mass is 294 g/mol. The van der Waals surface area contributed by atoms with E-state index in [2.05, 4.69) is 10.3 Å². The van der Waals surface area contributed by atoms with Crippen LogP contribution in [0.4, 0.5) is 0 Å². The van der Waals surface area contributed by atoms with Gasteiger partial charge in [0, 0.05) is 25.5 Å². The summed E-state index contributed by atoms with van der Waals surface area (Å²) in [6.45, 7) is 1.60. The van der Waals surface area contributed by atoms with Crippen LogP contribution in [0.5, 0.6) is 11.5 Å². The average Bonchev–Trinajstić information content (AvgIpc) is 2.48. The molecule has 0 atom stereocenters. The highest BCUT2D eigenvalue weighted by Gasteiger charge is 2.04. The molecular formula is C15H19ClN2O2. The van der Waals surface area contributed by atoms with Crippen LogP contribution in [0.15, 0.2) is 42.7 Å². The molecule has 0 fully saturated rings. The van der Waals surface area contributed by atoms with Gasteiger partial charge < -0.3 is 14.8 Å². The molecule has 0 amide bonds. The van der Waals surface area contributed by atoms with E-state index in [9.17, 15) is 0 Å². The second-order valence-corrected chi connectivity index (χ2v) is 4.15. The van der Waals surface area contributed by atoms with Crippen LogP contribution in [0.1, 0.15) is 11.1 Å². The van der Waals surface area contributed by atoms with Crippen LogP contribution in [0.3, 0.4) is 0 Å². The van der Waals surface area contributed by atoms with Gasteiger partial charge in [0.25, 0.3) is 0 Å². The molecule has 4 nitrogen and oxygen atoms in total. The maximum Gasteiger partial charge on any atom is 0.161 e. The summed E-state index contributed by atoms with van der Waals surface area (Å²) >= 11 is 0. The van der Waals surface area contributed by atoms with Crippen molar-refractivity contribution in [2.24, 2.45) is 0 Å². The first-order valence-electron chi connectivity index (χ1n) is 6.14. The van der Waals surface area contributed by atoms with Gasteiger partial charge in [-0.15, -0.1) is 12.4 Å². The Kier molecular flexibility index (Phi) is 6.84. The second-order valence-electron chi connectivity index (χ2n) is 4.15. The zero-order chi connectivity index (χ0) is 13.5. The van der Waals surface area contributed by atoms with Crippen LogP contribution in [-0.4, -0.2) is 19.2 Å². The summed E-state index contributed by atoms with van der Waals surface area (Å²) in [5.41, 5.74) is 2.38. The summed E-state index contributed by atoms with van der Waals surface area (Å²) < 4.78 is 10.5. The Hall–Kier alpha value is -1.78. The standard InChI is InChI=1S/C15H18N2O2.ClH/c1-18-14-4-3-13(9-15(14)19-2)11-17-10-12-5-7-16-8-6-12;/h3-9,17H,10-11H2,1-2H3;1H. The Bertz CT molecular complexity index is 521. The minimum absolute atomic E-state index is 0. The van der Waals surface area contributed by atoms with Crippen LogP contribution in [0.2, 0.25) is 0 Å². The Morgan fingerprint density at radius 3 is 2.20 bits per heavy atom. The summed E-state index contributed by atoms with van der Waals surface area (Å²) in [5.74, 6) is 1.51. The number of methoxy groups -OCH3 is 2. The van der Waals surface area contributed by atoms with Gasteiger partial charge in [-0.3, -0.25) is 4.98 Å². The summed E-state index contributed by atoms with van der Waals surface area (Å²) in [6, 6.07) is 9.94. The highest BCUT2D eigenvalue weighted by Crippen LogP contribution is 2.27. The van der Waals surface area contributed by atoms with Crippen LogP contribution in [0, 0.1) is 0 Å². The van der Waals surface area contributed by atoms with E-state index in [4.69, 9.17) is 9.47 Å². The molecule has 0 saturated heterocycles. The van der Waals surface area contributed by atoms with Gasteiger partial charge in [0.15, 0.2) is 11.5 Å². The zero-order valence-electron chi connectivity index (χ0n) is 11.6. The lowest BCUT2D eigenvalue weighted by Gasteiger charge is -2.10.